The van der Waals surface area contributed by atoms with Gasteiger partial charge in [-0.3, -0.25) is 4.79 Å². The van der Waals surface area contributed by atoms with Gasteiger partial charge in [-0.15, -0.1) is 0 Å². The van der Waals surface area contributed by atoms with E-state index < -0.39 is 0 Å². The number of carbonyl (C=O) groups is 1. The molecule has 142 valence electrons. The fourth-order valence-corrected chi connectivity index (χ4v) is 5.26. The highest BCUT2D eigenvalue weighted by molar-refractivity contribution is 6.08. The third-order valence-electron chi connectivity index (χ3n) is 7.51. The lowest BCUT2D eigenvalue weighted by Crippen LogP contribution is -2.32. The van der Waals surface area contributed by atoms with Gasteiger partial charge < -0.3 is 4.98 Å². The molecule has 2 bridgehead atoms. The van der Waals surface area contributed by atoms with Crippen LogP contribution in [0.4, 0.5) is 0 Å². The summed E-state index contributed by atoms with van der Waals surface area (Å²) in [7, 11) is 0. The summed E-state index contributed by atoms with van der Waals surface area (Å²) in [4.78, 5) is 21.2. The highest BCUT2D eigenvalue weighted by atomic mass is 16.1. The second kappa shape index (κ2) is 5.66. The molecule has 2 atom stereocenters. The third kappa shape index (κ3) is 2.28. The van der Waals surface area contributed by atoms with Gasteiger partial charge in [-0.1, -0.05) is 51.1 Å². The monoisotopic (exact) mass is 370 g/mol. The smallest absolute Gasteiger partial charge is 0.165 e. The summed E-state index contributed by atoms with van der Waals surface area (Å²) in [6.45, 7) is 8.75. The number of hydrogen-bond donors (Lipinski definition) is 1. The Hall–Kier alpha value is -2.68. The van der Waals surface area contributed by atoms with Gasteiger partial charge in [-0.25, -0.2) is 4.98 Å². The highest BCUT2D eigenvalue weighted by Crippen LogP contribution is 2.65. The topological polar surface area (TPSA) is 45.8 Å². The molecular weight excluding hydrogens is 344 g/mol. The molecule has 1 N–H and O–H groups in total. The largest absolute Gasteiger partial charge is 0.338 e. The van der Waals surface area contributed by atoms with Crippen molar-refractivity contribution in [2.45, 2.75) is 40.5 Å². The number of carbonyl (C=O) groups excluding carboxylic acids is 1. The van der Waals surface area contributed by atoms with Crippen molar-refractivity contribution in [2.75, 3.05) is 0 Å². The van der Waals surface area contributed by atoms with Crippen LogP contribution >= 0.6 is 0 Å². The van der Waals surface area contributed by atoms with Gasteiger partial charge in [0.05, 0.1) is 11.0 Å². The molecule has 0 radical (unpaired) electrons. The Morgan fingerprint density at radius 1 is 1.11 bits per heavy atom. The van der Waals surface area contributed by atoms with E-state index >= 15 is 0 Å². The molecule has 0 saturated heterocycles. The molecule has 0 spiro atoms. The second-order valence-corrected chi connectivity index (χ2v) is 9.30. The number of benzene rings is 2. The Bertz CT molecular complexity index is 1130. The Kier molecular flexibility index (Phi) is 3.52. The van der Waals surface area contributed by atoms with Gasteiger partial charge in [0, 0.05) is 11.0 Å². The molecule has 1 aromatic heterocycles. The Balaban J connectivity index is 1.47. The van der Waals surface area contributed by atoms with Crippen LogP contribution in [0.2, 0.25) is 0 Å². The minimum absolute atomic E-state index is 0.0578. The number of imidazole rings is 1. The van der Waals surface area contributed by atoms with E-state index in [0.717, 1.165) is 46.4 Å². The SMILES string of the molecule is Cc1ccc2[nH]c(-c3ccc(C=C4C(=O)C5(C)CCC4C5(C)C)cc3)nc2c1. The first kappa shape index (κ1) is 17.4. The molecule has 0 aliphatic heterocycles. The molecule has 5 rings (SSSR count). The quantitative estimate of drug-likeness (QED) is 0.567. The van der Waals surface area contributed by atoms with E-state index in [1.807, 2.05) is 0 Å². The van der Waals surface area contributed by atoms with Crippen LogP contribution in [0.1, 0.15) is 44.7 Å². The van der Waals surface area contributed by atoms with Crippen LogP contribution in [0.15, 0.2) is 48.0 Å². The van der Waals surface area contributed by atoms with Crippen molar-refractivity contribution < 1.29 is 4.79 Å². The van der Waals surface area contributed by atoms with E-state index in [1.54, 1.807) is 0 Å². The predicted octanol–water partition coefficient (Wildman–Crippen LogP) is 5.95. The number of ketones is 1. The minimum atomic E-state index is -0.199. The van der Waals surface area contributed by atoms with Crippen molar-refractivity contribution in [3.63, 3.8) is 0 Å². The zero-order chi connectivity index (χ0) is 19.7. The number of aromatic nitrogens is 2. The highest BCUT2D eigenvalue weighted by Gasteiger charge is 2.63. The normalized spacial score (nSPS) is 27.2. The number of fused-ring (bicyclic) bond motifs is 3. The van der Waals surface area contributed by atoms with Crippen LogP contribution in [-0.2, 0) is 4.79 Å². The van der Waals surface area contributed by atoms with Gasteiger partial charge in [0.1, 0.15) is 5.82 Å². The number of nitrogens with one attached hydrogen (secondary N) is 1. The Morgan fingerprint density at radius 3 is 2.54 bits per heavy atom. The first-order chi connectivity index (χ1) is 13.3. The number of hydrogen-bond acceptors (Lipinski definition) is 2. The molecule has 28 heavy (non-hydrogen) atoms. The molecule has 2 aliphatic carbocycles. The maximum atomic E-state index is 13.0. The summed E-state index contributed by atoms with van der Waals surface area (Å²) in [5.74, 6) is 1.61. The molecule has 2 fully saturated rings. The standard InChI is InChI=1S/C25H26N2O/c1-15-5-10-20-21(13-15)27-23(26-20)17-8-6-16(7-9-17)14-18-19-11-12-25(4,22(18)28)24(19,2)3/h5-10,13-14,19H,11-12H2,1-4H3,(H,26,27). The molecule has 0 amide bonds. The molecule has 2 unspecified atom stereocenters. The average molecular weight is 370 g/mol. The van der Waals surface area contributed by atoms with Gasteiger partial charge in [0.15, 0.2) is 5.78 Å². The van der Waals surface area contributed by atoms with E-state index in [2.05, 4.69) is 81.2 Å². The summed E-state index contributed by atoms with van der Waals surface area (Å²) < 4.78 is 0. The van der Waals surface area contributed by atoms with Gasteiger partial charge >= 0.3 is 0 Å². The molecule has 3 nitrogen and oxygen atoms in total. The van der Waals surface area contributed by atoms with Crippen LogP contribution in [-0.4, -0.2) is 15.8 Å². The van der Waals surface area contributed by atoms with E-state index in [-0.39, 0.29) is 10.8 Å². The number of aromatic amines is 1. The zero-order valence-electron chi connectivity index (χ0n) is 17.0. The number of allylic oxidation sites excluding steroid dienone is 1. The van der Waals surface area contributed by atoms with Crippen molar-refractivity contribution in [2.24, 2.45) is 16.7 Å². The lowest BCUT2D eigenvalue weighted by Gasteiger charge is -2.31. The van der Waals surface area contributed by atoms with Gasteiger partial charge in [0.25, 0.3) is 0 Å². The second-order valence-electron chi connectivity index (χ2n) is 9.30. The van der Waals surface area contributed by atoms with Gasteiger partial charge in [0.2, 0.25) is 0 Å². The molecular formula is C25H26N2O. The molecule has 3 aromatic rings. The molecule has 3 heteroatoms. The summed E-state index contributed by atoms with van der Waals surface area (Å²) in [6.07, 6.45) is 4.26. The number of rotatable bonds is 2. The zero-order valence-corrected chi connectivity index (χ0v) is 17.0. The van der Waals surface area contributed by atoms with Crippen molar-refractivity contribution >= 4 is 22.9 Å². The fourth-order valence-electron chi connectivity index (χ4n) is 5.26. The number of H-pyrrole nitrogens is 1. The molecule has 1 heterocycles. The third-order valence-corrected chi connectivity index (χ3v) is 7.51. The lowest BCUT2D eigenvalue weighted by molar-refractivity contribution is -0.125. The van der Waals surface area contributed by atoms with E-state index in [0.29, 0.717) is 11.7 Å². The maximum Gasteiger partial charge on any atom is 0.165 e. The average Bonchev–Trinajstić information content (AvgIpc) is 3.22. The lowest BCUT2D eigenvalue weighted by atomic mass is 9.70. The predicted molar refractivity (Wildman–Crippen MR) is 114 cm³/mol. The first-order valence-electron chi connectivity index (χ1n) is 10.1. The van der Waals surface area contributed by atoms with Crippen LogP contribution in [0.25, 0.3) is 28.5 Å². The van der Waals surface area contributed by atoms with E-state index in [4.69, 9.17) is 4.98 Å². The van der Waals surface area contributed by atoms with E-state index in [1.165, 1.54) is 5.56 Å². The van der Waals surface area contributed by atoms with Crippen molar-refractivity contribution in [3.8, 4) is 11.4 Å². The summed E-state index contributed by atoms with van der Waals surface area (Å²) in [5.41, 5.74) is 6.27. The molecule has 2 aliphatic rings. The van der Waals surface area contributed by atoms with Crippen LogP contribution in [0, 0.1) is 23.7 Å². The number of nitrogens with zero attached hydrogens (tertiary/aromatic N) is 1. The summed E-state index contributed by atoms with van der Waals surface area (Å²) in [6, 6.07) is 14.6. The number of aryl methyl sites for hydroxylation is 1. The van der Waals surface area contributed by atoms with Crippen molar-refractivity contribution in [1.82, 2.24) is 9.97 Å². The van der Waals surface area contributed by atoms with Gasteiger partial charge in [-0.05, 0) is 66.0 Å². The van der Waals surface area contributed by atoms with Crippen molar-refractivity contribution in [3.05, 3.63) is 59.2 Å². The first-order valence-corrected chi connectivity index (χ1v) is 10.1. The molecule has 2 aromatic carbocycles. The summed E-state index contributed by atoms with van der Waals surface area (Å²) >= 11 is 0. The van der Waals surface area contributed by atoms with Crippen LogP contribution in [0.5, 0.6) is 0 Å². The Morgan fingerprint density at radius 2 is 1.86 bits per heavy atom. The Labute approximate surface area is 165 Å². The fraction of sp³-hybridized carbons (Fsp3) is 0.360. The maximum absolute atomic E-state index is 13.0. The number of Topliss-reactive ketones (excluding diaryl/α,β-unsaturated/α-hetero) is 1. The molecule has 2 saturated carbocycles. The van der Waals surface area contributed by atoms with E-state index in [9.17, 15) is 4.79 Å². The van der Waals surface area contributed by atoms with Crippen LogP contribution in [0.3, 0.4) is 0 Å². The minimum Gasteiger partial charge on any atom is -0.338 e. The van der Waals surface area contributed by atoms with Crippen LogP contribution < -0.4 is 0 Å². The van der Waals surface area contributed by atoms with Crippen molar-refractivity contribution in [1.29, 1.82) is 0 Å². The van der Waals surface area contributed by atoms with Gasteiger partial charge in [-0.2, -0.15) is 0 Å². The summed E-state index contributed by atoms with van der Waals surface area (Å²) in [5, 5.41) is 0.